The Bertz CT molecular complexity index is 347. The van der Waals surface area contributed by atoms with E-state index in [-0.39, 0.29) is 5.71 Å². The van der Waals surface area contributed by atoms with E-state index in [2.05, 4.69) is 15.0 Å². The van der Waals surface area contributed by atoms with Crippen LogP contribution in [0.4, 0.5) is 5.13 Å². The summed E-state index contributed by atoms with van der Waals surface area (Å²) in [6.07, 6.45) is 0. The molecule has 0 atom stereocenters. The molecule has 1 rings (SSSR count). The second-order valence-corrected chi connectivity index (χ2v) is 2.98. The lowest BCUT2D eigenvalue weighted by Gasteiger charge is -1.92. The second-order valence-electron chi connectivity index (χ2n) is 2.07. The Hall–Kier alpha value is -1.63. The molecule has 0 bridgehead atoms. The number of rotatable bonds is 3. The number of carbonyl (C=O) groups is 1. The number of hydrogen-bond acceptors (Lipinski definition) is 5. The minimum absolute atomic E-state index is 0.199. The van der Waals surface area contributed by atoms with Gasteiger partial charge in [0.1, 0.15) is 7.11 Å². The number of hydrogen-bond donors (Lipinski definition) is 2. The van der Waals surface area contributed by atoms with Gasteiger partial charge in [0.25, 0.3) is 0 Å². The van der Waals surface area contributed by atoms with Crippen molar-refractivity contribution in [2.45, 2.75) is 0 Å². The van der Waals surface area contributed by atoms with Gasteiger partial charge in [-0.25, -0.2) is 9.78 Å². The molecule has 0 unspecified atom stereocenters. The smallest absolute Gasteiger partial charge is 0.362 e. The first kappa shape index (κ1) is 9.46. The molecule has 0 fully saturated rings. The van der Waals surface area contributed by atoms with E-state index in [4.69, 9.17) is 10.8 Å². The molecule has 13 heavy (non-hydrogen) atoms. The van der Waals surface area contributed by atoms with Crippen LogP contribution in [0.1, 0.15) is 5.69 Å². The fourth-order valence-electron chi connectivity index (χ4n) is 0.724. The molecule has 0 aliphatic carbocycles. The highest BCUT2D eigenvalue weighted by Gasteiger charge is 2.19. The number of thiazole rings is 1. The van der Waals surface area contributed by atoms with Crippen molar-refractivity contribution in [3.8, 4) is 0 Å². The van der Waals surface area contributed by atoms with E-state index in [0.717, 1.165) is 0 Å². The molecule has 0 aliphatic rings. The number of aliphatic carboxylic acids is 1. The van der Waals surface area contributed by atoms with Crippen molar-refractivity contribution >= 4 is 28.1 Å². The summed E-state index contributed by atoms with van der Waals surface area (Å²) in [5.74, 6) is -1.17. The molecule has 0 saturated carbocycles. The van der Waals surface area contributed by atoms with Crippen molar-refractivity contribution in [1.82, 2.24) is 0 Å². The van der Waals surface area contributed by atoms with Gasteiger partial charge in [0, 0.05) is 5.38 Å². The van der Waals surface area contributed by atoms with Crippen LogP contribution in [-0.4, -0.2) is 23.9 Å². The predicted molar refractivity (Wildman–Crippen MR) is 46.5 cm³/mol. The molecule has 0 aliphatic heterocycles. The highest BCUT2D eigenvalue weighted by molar-refractivity contribution is 7.13. The third kappa shape index (κ3) is 2.15. The zero-order chi connectivity index (χ0) is 9.84. The molecule has 1 heterocycles. The Morgan fingerprint density at radius 3 is 2.92 bits per heavy atom. The number of oxime groups is 1. The molecule has 0 radical (unpaired) electrons. The molecule has 0 aromatic carbocycles. The number of H-pyrrole nitrogens is 1. The first-order valence-corrected chi connectivity index (χ1v) is 4.14. The Morgan fingerprint density at radius 2 is 2.54 bits per heavy atom. The van der Waals surface area contributed by atoms with Gasteiger partial charge in [0.05, 0.1) is 0 Å². The number of anilines is 1. The summed E-state index contributed by atoms with van der Waals surface area (Å²) in [5.41, 5.74) is 5.52. The van der Waals surface area contributed by atoms with Gasteiger partial charge in [0.15, 0.2) is 5.69 Å². The summed E-state index contributed by atoms with van der Waals surface area (Å²) in [6.45, 7) is 0. The van der Waals surface area contributed by atoms with Gasteiger partial charge in [-0.15, -0.1) is 0 Å². The summed E-state index contributed by atoms with van der Waals surface area (Å²) >= 11 is 1.20. The Labute approximate surface area is 77.6 Å². The molecule has 0 amide bonds. The van der Waals surface area contributed by atoms with Gasteiger partial charge in [-0.05, 0) is 0 Å². The third-order valence-electron chi connectivity index (χ3n) is 1.20. The van der Waals surface area contributed by atoms with Crippen LogP contribution >= 0.6 is 11.3 Å². The van der Waals surface area contributed by atoms with E-state index in [1.165, 1.54) is 18.4 Å². The SMILES string of the molecule is CO/N=C(\C(=O)O)c1csc(N)[nH+]1. The van der Waals surface area contributed by atoms with Crippen LogP contribution in [0.3, 0.4) is 0 Å². The number of nitrogens with one attached hydrogen (secondary N) is 1. The maximum absolute atomic E-state index is 10.6. The van der Waals surface area contributed by atoms with Crippen LogP contribution in [-0.2, 0) is 9.63 Å². The van der Waals surface area contributed by atoms with Crippen molar-refractivity contribution in [1.29, 1.82) is 0 Å². The van der Waals surface area contributed by atoms with E-state index in [1.807, 2.05) is 0 Å². The van der Waals surface area contributed by atoms with Crippen molar-refractivity contribution in [3.05, 3.63) is 11.1 Å². The number of carboxylic acid groups (broad SMARTS) is 1. The van der Waals surface area contributed by atoms with Gasteiger partial charge in [-0.3, -0.25) is 5.73 Å². The van der Waals surface area contributed by atoms with E-state index >= 15 is 0 Å². The number of nitrogen functional groups attached to an aromatic ring is 1. The first-order valence-electron chi connectivity index (χ1n) is 3.26. The van der Waals surface area contributed by atoms with E-state index < -0.39 is 5.97 Å². The Kier molecular flexibility index (Phi) is 2.80. The first-order chi connectivity index (χ1) is 6.15. The fourth-order valence-corrected chi connectivity index (χ4v) is 1.31. The lowest BCUT2D eigenvalue weighted by atomic mass is 10.3. The third-order valence-corrected chi connectivity index (χ3v) is 1.91. The summed E-state index contributed by atoms with van der Waals surface area (Å²) in [5, 5.41) is 14.0. The topological polar surface area (TPSA) is 99.0 Å². The van der Waals surface area contributed by atoms with Crippen LogP contribution < -0.4 is 10.7 Å². The van der Waals surface area contributed by atoms with E-state index in [9.17, 15) is 4.79 Å². The maximum Gasteiger partial charge on any atom is 0.362 e. The van der Waals surface area contributed by atoms with Crippen molar-refractivity contribution in [2.24, 2.45) is 5.16 Å². The van der Waals surface area contributed by atoms with Gasteiger partial charge < -0.3 is 9.94 Å². The van der Waals surface area contributed by atoms with Gasteiger partial charge in [-0.1, -0.05) is 16.5 Å². The summed E-state index contributed by atoms with van der Waals surface area (Å²) < 4.78 is 0. The molecule has 7 heteroatoms. The quantitative estimate of drug-likeness (QED) is 0.513. The van der Waals surface area contributed by atoms with Crippen molar-refractivity contribution in [2.75, 3.05) is 12.8 Å². The zero-order valence-electron chi connectivity index (χ0n) is 6.77. The minimum Gasteiger partial charge on any atom is -0.476 e. The van der Waals surface area contributed by atoms with Gasteiger partial charge in [0.2, 0.25) is 5.71 Å². The Balaban J connectivity index is 3.02. The summed E-state index contributed by atoms with van der Waals surface area (Å²) in [4.78, 5) is 17.7. The fraction of sp³-hybridized carbons (Fsp3) is 0.167. The predicted octanol–water partition coefficient (Wildman–Crippen LogP) is -0.420. The van der Waals surface area contributed by atoms with Crippen molar-refractivity contribution < 1.29 is 19.7 Å². The van der Waals surface area contributed by atoms with Crippen LogP contribution in [0.15, 0.2) is 10.5 Å². The normalized spacial score (nSPS) is 11.3. The lowest BCUT2D eigenvalue weighted by Crippen LogP contribution is -2.23. The van der Waals surface area contributed by atoms with Crippen LogP contribution in [0.5, 0.6) is 0 Å². The lowest BCUT2D eigenvalue weighted by molar-refractivity contribution is -0.356. The van der Waals surface area contributed by atoms with Crippen LogP contribution in [0.25, 0.3) is 0 Å². The molecular weight excluding hydrogens is 194 g/mol. The molecule has 1 aromatic heterocycles. The standard InChI is InChI=1S/C6H7N3O3S/c1-12-9-4(5(10)11)3-2-13-6(7)8-3/h2H,1H3,(H2,7,8)(H,10,11)/p+1/b9-4-. The molecule has 0 spiro atoms. The van der Waals surface area contributed by atoms with E-state index in [1.54, 1.807) is 5.38 Å². The minimum atomic E-state index is -1.17. The summed E-state index contributed by atoms with van der Waals surface area (Å²) in [6, 6.07) is 0. The monoisotopic (exact) mass is 202 g/mol. The highest BCUT2D eigenvalue weighted by atomic mass is 32.1. The largest absolute Gasteiger partial charge is 0.476 e. The molecule has 70 valence electrons. The number of carboxylic acids is 1. The Morgan fingerprint density at radius 1 is 1.85 bits per heavy atom. The number of nitrogens with two attached hydrogens (primary N) is 1. The molecule has 6 nitrogen and oxygen atoms in total. The molecular formula is C6H8N3O3S+. The van der Waals surface area contributed by atoms with E-state index in [0.29, 0.717) is 10.8 Å². The van der Waals surface area contributed by atoms with Crippen molar-refractivity contribution in [3.63, 3.8) is 0 Å². The van der Waals surface area contributed by atoms with Gasteiger partial charge in [-0.2, -0.15) is 0 Å². The second kappa shape index (κ2) is 3.85. The average Bonchev–Trinajstić information content (AvgIpc) is 2.46. The molecule has 0 saturated heterocycles. The number of aromatic amines is 1. The number of nitrogens with zero attached hydrogens (tertiary/aromatic N) is 1. The molecule has 1 aromatic rings. The van der Waals surface area contributed by atoms with Gasteiger partial charge >= 0.3 is 11.1 Å². The number of aromatic nitrogens is 1. The highest BCUT2D eigenvalue weighted by Crippen LogP contribution is 2.06. The summed E-state index contributed by atoms with van der Waals surface area (Å²) in [7, 11) is 1.28. The molecule has 4 N–H and O–H groups in total. The van der Waals surface area contributed by atoms with Crippen LogP contribution in [0, 0.1) is 0 Å². The zero-order valence-corrected chi connectivity index (χ0v) is 7.59. The average molecular weight is 202 g/mol. The van der Waals surface area contributed by atoms with Crippen LogP contribution in [0.2, 0.25) is 0 Å². The maximum atomic E-state index is 10.6.